The lowest BCUT2D eigenvalue weighted by Gasteiger charge is -2.10. The van der Waals surface area contributed by atoms with Crippen molar-refractivity contribution in [2.24, 2.45) is 0 Å². The van der Waals surface area contributed by atoms with Crippen LogP contribution in [0.15, 0.2) is 16.6 Å². The van der Waals surface area contributed by atoms with E-state index in [-0.39, 0.29) is 6.54 Å². The molecule has 0 bridgehead atoms. The number of nitrogens with one attached hydrogen (secondary N) is 1. The van der Waals surface area contributed by atoms with Gasteiger partial charge in [0.05, 0.1) is 18.1 Å². The number of sulfone groups is 1. The summed E-state index contributed by atoms with van der Waals surface area (Å²) in [6, 6.07) is 3.74. The number of sulfonamides is 1. The highest BCUT2D eigenvalue weighted by atomic mass is 79.9. The van der Waals surface area contributed by atoms with Crippen molar-refractivity contribution in [2.45, 2.75) is 13.0 Å². The second-order valence-corrected chi connectivity index (χ2v) is 10.0. The van der Waals surface area contributed by atoms with Gasteiger partial charge in [0.15, 0.2) is 0 Å². The van der Waals surface area contributed by atoms with E-state index in [0.29, 0.717) is 12.4 Å². The van der Waals surface area contributed by atoms with Gasteiger partial charge in [0.1, 0.15) is 15.6 Å². The highest BCUT2D eigenvalue weighted by Crippen LogP contribution is 2.32. The fourth-order valence-corrected chi connectivity index (χ4v) is 5.16. The summed E-state index contributed by atoms with van der Waals surface area (Å²) in [7, 11) is -6.95. The Labute approximate surface area is 133 Å². The summed E-state index contributed by atoms with van der Waals surface area (Å²) in [6.07, 6.45) is 1.81. The van der Waals surface area contributed by atoms with E-state index in [1.165, 1.54) is 0 Å². The van der Waals surface area contributed by atoms with E-state index < -0.39 is 31.4 Å². The van der Waals surface area contributed by atoms with Crippen LogP contribution in [0.3, 0.4) is 0 Å². The fourth-order valence-electron chi connectivity index (χ4n) is 2.00. The molecule has 9 heteroatoms. The van der Waals surface area contributed by atoms with Crippen molar-refractivity contribution in [1.29, 1.82) is 0 Å². The minimum atomic E-state index is -3.64. The predicted molar refractivity (Wildman–Crippen MR) is 83.7 cm³/mol. The van der Waals surface area contributed by atoms with Gasteiger partial charge in [-0.25, -0.2) is 21.6 Å². The Bertz CT molecular complexity index is 743. The minimum Gasteiger partial charge on any atom is -0.493 e. The summed E-state index contributed by atoms with van der Waals surface area (Å²) in [5, 5.41) is 0. The molecule has 1 N–H and O–H groups in total. The van der Waals surface area contributed by atoms with E-state index >= 15 is 0 Å². The average molecular weight is 398 g/mol. The number of hydrogen-bond acceptors (Lipinski definition) is 5. The molecule has 6 nitrogen and oxygen atoms in total. The number of fused-ring (bicyclic) bond motifs is 1. The molecule has 1 aromatic rings. The zero-order chi connectivity index (χ0) is 15.7. The lowest BCUT2D eigenvalue weighted by molar-refractivity contribution is 0.353. The van der Waals surface area contributed by atoms with Crippen LogP contribution in [0, 0.1) is 0 Å². The third-order valence-electron chi connectivity index (χ3n) is 3.03. The summed E-state index contributed by atoms with van der Waals surface area (Å²) in [6.45, 7) is 0.660. The van der Waals surface area contributed by atoms with Crippen molar-refractivity contribution < 1.29 is 21.6 Å². The molecule has 1 aliphatic heterocycles. The van der Waals surface area contributed by atoms with Crippen LogP contribution in [0.4, 0.5) is 0 Å². The molecule has 0 amide bonds. The van der Waals surface area contributed by atoms with Crippen molar-refractivity contribution >= 4 is 35.8 Å². The molecule has 0 fully saturated rings. The topological polar surface area (TPSA) is 89.5 Å². The van der Waals surface area contributed by atoms with Crippen LogP contribution in [0.1, 0.15) is 11.1 Å². The van der Waals surface area contributed by atoms with Crippen molar-refractivity contribution in [2.75, 3.05) is 24.4 Å². The third-order valence-corrected chi connectivity index (χ3v) is 6.02. The van der Waals surface area contributed by atoms with Gasteiger partial charge < -0.3 is 4.74 Å². The molecule has 0 saturated heterocycles. The zero-order valence-electron chi connectivity index (χ0n) is 11.4. The largest absolute Gasteiger partial charge is 0.493 e. The molecule has 0 unspecified atom stereocenters. The predicted octanol–water partition coefficient (Wildman–Crippen LogP) is 0.848. The third kappa shape index (κ3) is 4.94. The second-order valence-electron chi connectivity index (χ2n) is 4.92. The Morgan fingerprint density at radius 2 is 1.95 bits per heavy atom. The van der Waals surface area contributed by atoms with Crippen molar-refractivity contribution in [3.8, 4) is 5.75 Å². The molecule has 0 radical (unpaired) electrons. The van der Waals surface area contributed by atoms with Gasteiger partial charge >= 0.3 is 0 Å². The van der Waals surface area contributed by atoms with E-state index in [9.17, 15) is 16.8 Å². The maximum atomic E-state index is 11.8. The van der Waals surface area contributed by atoms with Crippen LogP contribution in [0.2, 0.25) is 0 Å². The number of rotatable bonds is 6. The van der Waals surface area contributed by atoms with Gasteiger partial charge in [0.25, 0.3) is 0 Å². The first-order chi connectivity index (χ1) is 9.66. The van der Waals surface area contributed by atoms with E-state index in [4.69, 9.17) is 4.74 Å². The van der Waals surface area contributed by atoms with Gasteiger partial charge in [-0.15, -0.1) is 0 Å². The summed E-state index contributed by atoms with van der Waals surface area (Å²) < 4.78 is 54.5. The molecule has 1 aliphatic rings. The smallest absolute Gasteiger partial charge is 0.212 e. The van der Waals surface area contributed by atoms with Gasteiger partial charge in [-0.05, 0) is 17.7 Å². The molecule has 2 rings (SSSR count). The summed E-state index contributed by atoms with van der Waals surface area (Å²) >= 11 is 3.38. The molecule has 1 heterocycles. The standard InChI is InChI=1S/C12H16BrNO5S2/c1-20(15,16)4-5-21(17,18)14-8-10-7-11(13)6-9-2-3-19-12(9)10/h6-7,14H,2-5,8H2,1H3. The van der Waals surface area contributed by atoms with Crippen LogP contribution < -0.4 is 9.46 Å². The van der Waals surface area contributed by atoms with E-state index in [1.807, 2.05) is 6.07 Å². The average Bonchev–Trinajstić information content (AvgIpc) is 2.81. The number of halogens is 1. The Hall–Kier alpha value is -0.640. The molecular formula is C12H16BrNO5S2. The quantitative estimate of drug-likeness (QED) is 0.768. The maximum Gasteiger partial charge on any atom is 0.212 e. The van der Waals surface area contributed by atoms with E-state index in [1.54, 1.807) is 6.07 Å². The van der Waals surface area contributed by atoms with E-state index in [2.05, 4.69) is 20.7 Å². The van der Waals surface area contributed by atoms with Crippen LogP contribution in [-0.2, 0) is 32.8 Å². The van der Waals surface area contributed by atoms with Crippen molar-refractivity contribution in [3.63, 3.8) is 0 Å². The molecule has 0 spiro atoms. The Morgan fingerprint density at radius 1 is 1.24 bits per heavy atom. The number of ether oxygens (including phenoxy) is 1. The molecule has 0 aromatic heterocycles. The highest BCUT2D eigenvalue weighted by molar-refractivity contribution is 9.10. The van der Waals surface area contributed by atoms with E-state index in [0.717, 1.165) is 28.3 Å². The fraction of sp³-hybridized carbons (Fsp3) is 0.500. The first-order valence-corrected chi connectivity index (χ1v) is 10.8. The van der Waals surface area contributed by atoms with Crippen LogP contribution >= 0.6 is 15.9 Å². The summed E-state index contributed by atoms with van der Waals surface area (Å²) in [4.78, 5) is 0. The van der Waals surface area contributed by atoms with Gasteiger partial charge in [0, 0.05) is 29.3 Å². The SMILES string of the molecule is CS(=O)(=O)CCS(=O)(=O)NCc1cc(Br)cc2c1OCC2. The lowest BCUT2D eigenvalue weighted by Crippen LogP contribution is -2.29. The maximum absolute atomic E-state index is 11.8. The molecule has 1 aromatic carbocycles. The Kier molecular flexibility index (Phi) is 4.96. The van der Waals surface area contributed by atoms with Crippen LogP contribution in [-0.4, -0.2) is 41.2 Å². The Balaban J connectivity index is 2.07. The molecule has 21 heavy (non-hydrogen) atoms. The summed E-state index contributed by atoms with van der Waals surface area (Å²) in [5.74, 6) is -0.123. The normalized spacial score (nSPS) is 14.8. The highest BCUT2D eigenvalue weighted by Gasteiger charge is 2.20. The van der Waals surface area contributed by atoms with Gasteiger partial charge in [-0.2, -0.15) is 0 Å². The monoisotopic (exact) mass is 397 g/mol. The molecule has 118 valence electrons. The van der Waals surface area contributed by atoms with Gasteiger partial charge in [-0.3, -0.25) is 0 Å². The molecule has 0 atom stereocenters. The molecular weight excluding hydrogens is 382 g/mol. The van der Waals surface area contributed by atoms with Crippen molar-refractivity contribution in [3.05, 3.63) is 27.7 Å². The lowest BCUT2D eigenvalue weighted by atomic mass is 10.1. The zero-order valence-corrected chi connectivity index (χ0v) is 14.6. The second kappa shape index (κ2) is 6.23. The molecule has 0 aliphatic carbocycles. The van der Waals surface area contributed by atoms with Crippen LogP contribution in [0.5, 0.6) is 5.75 Å². The van der Waals surface area contributed by atoms with Crippen LogP contribution in [0.25, 0.3) is 0 Å². The first-order valence-electron chi connectivity index (χ1n) is 6.25. The summed E-state index contributed by atoms with van der Waals surface area (Å²) in [5.41, 5.74) is 1.77. The van der Waals surface area contributed by atoms with Crippen molar-refractivity contribution in [1.82, 2.24) is 4.72 Å². The first kappa shape index (κ1) is 16.7. The number of benzene rings is 1. The molecule has 0 saturated carbocycles. The Morgan fingerprint density at radius 3 is 2.62 bits per heavy atom. The van der Waals surface area contributed by atoms with Gasteiger partial charge in [-0.1, -0.05) is 15.9 Å². The number of hydrogen-bond donors (Lipinski definition) is 1. The van der Waals surface area contributed by atoms with Gasteiger partial charge in [0.2, 0.25) is 10.0 Å². The minimum absolute atomic E-state index is 0.0773.